The molecular weight excluding hydrogens is 280 g/mol. The molecule has 19 heavy (non-hydrogen) atoms. The van der Waals surface area contributed by atoms with Crippen LogP contribution in [0.4, 0.5) is 5.13 Å². The van der Waals surface area contributed by atoms with Crippen LogP contribution in [0.5, 0.6) is 0 Å². The second-order valence-electron chi connectivity index (χ2n) is 4.48. The first-order chi connectivity index (χ1) is 8.88. The Kier molecular flexibility index (Phi) is 3.91. The zero-order valence-corrected chi connectivity index (χ0v) is 12.8. The van der Waals surface area contributed by atoms with Crippen molar-refractivity contribution in [2.45, 2.75) is 19.6 Å². The van der Waals surface area contributed by atoms with Gasteiger partial charge in [-0.1, -0.05) is 29.8 Å². The Hall–Kier alpha value is -1.40. The fraction of sp³-hybridized carbons (Fsp3) is 0.308. The largest absolute Gasteiger partial charge is 0.248 e. The van der Waals surface area contributed by atoms with Crippen LogP contribution in [0.2, 0.25) is 0 Å². The Morgan fingerprint density at radius 3 is 2.37 bits per heavy atom. The first kappa shape index (κ1) is 14.0. The van der Waals surface area contributed by atoms with Gasteiger partial charge in [-0.05, 0) is 19.4 Å². The average Bonchev–Trinajstić information content (AvgIpc) is 2.77. The standard InChI is InChI=1S/C13H16N2O2S2/c1-10-4-6-12(7-5-10)9-19(16,17)15(3)13-14-11(2)8-18-13/h4-8H,9H2,1-3H3. The first-order valence-electron chi connectivity index (χ1n) is 5.83. The molecule has 0 aliphatic carbocycles. The summed E-state index contributed by atoms with van der Waals surface area (Å²) in [4.78, 5) is 4.20. The highest BCUT2D eigenvalue weighted by Gasteiger charge is 2.21. The third-order valence-electron chi connectivity index (χ3n) is 2.76. The van der Waals surface area contributed by atoms with E-state index in [9.17, 15) is 8.42 Å². The molecule has 0 fully saturated rings. The topological polar surface area (TPSA) is 50.3 Å². The summed E-state index contributed by atoms with van der Waals surface area (Å²) < 4.78 is 25.8. The lowest BCUT2D eigenvalue weighted by Crippen LogP contribution is -2.27. The Morgan fingerprint density at radius 2 is 1.84 bits per heavy atom. The van der Waals surface area contributed by atoms with Gasteiger partial charge in [0.2, 0.25) is 10.0 Å². The molecule has 0 amide bonds. The summed E-state index contributed by atoms with van der Waals surface area (Å²) in [6.45, 7) is 3.82. The van der Waals surface area contributed by atoms with E-state index in [-0.39, 0.29) is 5.75 Å². The lowest BCUT2D eigenvalue weighted by atomic mass is 10.2. The van der Waals surface area contributed by atoms with E-state index in [1.807, 2.05) is 43.5 Å². The van der Waals surface area contributed by atoms with Crippen molar-refractivity contribution >= 4 is 26.5 Å². The number of sulfonamides is 1. The SMILES string of the molecule is Cc1ccc(CS(=O)(=O)N(C)c2nc(C)cs2)cc1. The Bertz CT molecular complexity index is 660. The quantitative estimate of drug-likeness (QED) is 0.871. The predicted octanol–water partition coefficient (Wildman–Crippen LogP) is 2.73. The molecule has 4 nitrogen and oxygen atoms in total. The normalized spacial score (nSPS) is 11.5. The molecule has 0 saturated carbocycles. The zero-order chi connectivity index (χ0) is 14.0. The number of thiazole rings is 1. The van der Waals surface area contributed by atoms with Gasteiger partial charge in [0.15, 0.2) is 5.13 Å². The number of aryl methyl sites for hydroxylation is 2. The van der Waals surface area contributed by atoms with Crippen molar-refractivity contribution in [3.05, 3.63) is 46.5 Å². The molecule has 0 atom stereocenters. The predicted molar refractivity (Wildman–Crippen MR) is 79.1 cm³/mol. The van der Waals surface area contributed by atoms with Crippen LogP contribution in [0, 0.1) is 13.8 Å². The van der Waals surface area contributed by atoms with Crippen LogP contribution < -0.4 is 4.31 Å². The molecule has 1 heterocycles. The van der Waals surface area contributed by atoms with E-state index in [1.165, 1.54) is 15.6 Å². The monoisotopic (exact) mass is 296 g/mol. The summed E-state index contributed by atoms with van der Waals surface area (Å²) in [5, 5.41) is 2.34. The second-order valence-corrected chi connectivity index (χ2v) is 7.32. The molecule has 0 saturated heterocycles. The van der Waals surface area contributed by atoms with Crippen LogP contribution in [0.1, 0.15) is 16.8 Å². The van der Waals surface area contributed by atoms with Crippen LogP contribution in [-0.2, 0) is 15.8 Å². The van der Waals surface area contributed by atoms with Crippen LogP contribution in [0.3, 0.4) is 0 Å². The van der Waals surface area contributed by atoms with Gasteiger partial charge < -0.3 is 0 Å². The fourth-order valence-electron chi connectivity index (χ4n) is 1.60. The maximum atomic E-state index is 12.3. The smallest absolute Gasteiger partial charge is 0.240 e. The molecular formula is C13H16N2O2S2. The summed E-state index contributed by atoms with van der Waals surface area (Å²) in [5.74, 6) is -0.0115. The van der Waals surface area contributed by atoms with Crippen LogP contribution in [-0.4, -0.2) is 20.4 Å². The van der Waals surface area contributed by atoms with Crippen LogP contribution >= 0.6 is 11.3 Å². The van der Waals surface area contributed by atoms with Gasteiger partial charge in [0.05, 0.1) is 11.4 Å². The highest BCUT2D eigenvalue weighted by molar-refractivity contribution is 7.92. The fourth-order valence-corrected chi connectivity index (χ4v) is 3.83. The molecule has 0 unspecified atom stereocenters. The van der Waals surface area contributed by atoms with E-state index >= 15 is 0 Å². The maximum Gasteiger partial charge on any atom is 0.240 e. The van der Waals surface area contributed by atoms with Crippen molar-refractivity contribution in [2.75, 3.05) is 11.4 Å². The summed E-state index contributed by atoms with van der Waals surface area (Å²) in [7, 11) is -1.84. The Balaban J connectivity index is 2.20. The van der Waals surface area contributed by atoms with Crippen molar-refractivity contribution in [1.82, 2.24) is 4.98 Å². The van der Waals surface area contributed by atoms with E-state index < -0.39 is 10.0 Å². The van der Waals surface area contributed by atoms with Crippen molar-refractivity contribution in [3.8, 4) is 0 Å². The molecule has 0 bridgehead atoms. The van der Waals surface area contributed by atoms with E-state index in [0.717, 1.165) is 16.8 Å². The summed E-state index contributed by atoms with van der Waals surface area (Å²) in [6.07, 6.45) is 0. The molecule has 0 aliphatic heterocycles. The molecule has 6 heteroatoms. The highest BCUT2D eigenvalue weighted by atomic mass is 32.2. The molecule has 102 valence electrons. The van der Waals surface area contributed by atoms with E-state index in [1.54, 1.807) is 7.05 Å². The number of rotatable bonds is 4. The molecule has 2 aromatic rings. The number of nitrogens with zero attached hydrogens (tertiary/aromatic N) is 2. The molecule has 0 spiro atoms. The van der Waals surface area contributed by atoms with Crippen LogP contribution in [0.25, 0.3) is 0 Å². The highest BCUT2D eigenvalue weighted by Crippen LogP contribution is 2.23. The lowest BCUT2D eigenvalue weighted by molar-refractivity contribution is 0.593. The first-order valence-corrected chi connectivity index (χ1v) is 8.31. The van der Waals surface area contributed by atoms with Gasteiger partial charge in [0, 0.05) is 12.4 Å². The minimum atomic E-state index is -3.38. The molecule has 0 radical (unpaired) electrons. The molecule has 2 rings (SSSR count). The van der Waals surface area contributed by atoms with Crippen LogP contribution in [0.15, 0.2) is 29.6 Å². The van der Waals surface area contributed by atoms with Gasteiger partial charge in [-0.3, -0.25) is 0 Å². The van der Waals surface area contributed by atoms with E-state index in [2.05, 4.69) is 4.98 Å². The van der Waals surface area contributed by atoms with Gasteiger partial charge in [-0.2, -0.15) is 0 Å². The van der Waals surface area contributed by atoms with Crippen molar-refractivity contribution in [3.63, 3.8) is 0 Å². The number of benzene rings is 1. The second kappa shape index (κ2) is 5.30. The van der Waals surface area contributed by atoms with Gasteiger partial charge in [0.1, 0.15) is 0 Å². The average molecular weight is 296 g/mol. The lowest BCUT2D eigenvalue weighted by Gasteiger charge is -2.16. The minimum Gasteiger partial charge on any atom is -0.248 e. The number of hydrogen-bond donors (Lipinski definition) is 0. The number of aromatic nitrogens is 1. The van der Waals surface area contributed by atoms with Gasteiger partial charge in [-0.15, -0.1) is 11.3 Å². The molecule has 0 N–H and O–H groups in total. The van der Waals surface area contributed by atoms with E-state index in [4.69, 9.17) is 0 Å². The maximum absolute atomic E-state index is 12.3. The minimum absolute atomic E-state index is 0.0115. The van der Waals surface area contributed by atoms with Gasteiger partial charge in [-0.25, -0.2) is 17.7 Å². The van der Waals surface area contributed by atoms with Gasteiger partial charge >= 0.3 is 0 Å². The number of anilines is 1. The van der Waals surface area contributed by atoms with Gasteiger partial charge in [0.25, 0.3) is 0 Å². The molecule has 1 aromatic carbocycles. The summed E-state index contributed by atoms with van der Waals surface area (Å²) in [6, 6.07) is 7.51. The van der Waals surface area contributed by atoms with E-state index in [0.29, 0.717) is 5.13 Å². The van der Waals surface area contributed by atoms with Crippen molar-refractivity contribution < 1.29 is 8.42 Å². The van der Waals surface area contributed by atoms with Crippen molar-refractivity contribution in [2.24, 2.45) is 0 Å². The van der Waals surface area contributed by atoms with Crippen molar-refractivity contribution in [1.29, 1.82) is 0 Å². The summed E-state index contributed by atoms with van der Waals surface area (Å²) in [5.41, 5.74) is 2.73. The third kappa shape index (κ3) is 3.33. The zero-order valence-electron chi connectivity index (χ0n) is 11.1. The molecule has 0 aliphatic rings. The summed E-state index contributed by atoms with van der Waals surface area (Å²) >= 11 is 1.33. The Morgan fingerprint density at radius 1 is 1.21 bits per heavy atom. The third-order valence-corrected chi connectivity index (χ3v) is 5.62. The number of hydrogen-bond acceptors (Lipinski definition) is 4. The Labute approximate surface area is 117 Å². The molecule has 1 aromatic heterocycles.